The number of carboxylic acids is 1. The van der Waals surface area contributed by atoms with Crippen LogP contribution in [0.4, 0.5) is 13.2 Å². The van der Waals surface area contributed by atoms with Crippen molar-refractivity contribution in [1.29, 1.82) is 0 Å². The van der Waals surface area contributed by atoms with Crippen molar-refractivity contribution in [2.24, 2.45) is 0 Å². The van der Waals surface area contributed by atoms with Crippen LogP contribution in [-0.4, -0.2) is 148 Å². The van der Waals surface area contributed by atoms with E-state index >= 15 is 0 Å². The van der Waals surface area contributed by atoms with Crippen molar-refractivity contribution < 1.29 is 76.8 Å². The number of aliphatic hydroxyl groups excluding tert-OH is 4. The van der Waals surface area contributed by atoms with Crippen LogP contribution in [0.1, 0.15) is 58.2 Å². The van der Waals surface area contributed by atoms with Crippen LogP contribution >= 0.6 is 0 Å². The summed E-state index contributed by atoms with van der Waals surface area (Å²) in [5, 5.41) is 49.3. The molecular formula is C33H45F3N6O17. The number of nitrogens with zero attached hydrogens (tertiary/aromatic N) is 3. The van der Waals surface area contributed by atoms with E-state index in [1.807, 2.05) is 9.97 Å². The van der Waals surface area contributed by atoms with Gasteiger partial charge in [0.1, 0.15) is 48.8 Å². The van der Waals surface area contributed by atoms with E-state index in [2.05, 4.69) is 5.32 Å². The minimum Gasteiger partial charge on any atom is -0.480 e. The summed E-state index contributed by atoms with van der Waals surface area (Å²) in [6.07, 6.45) is -12.3. The number of rotatable bonds is 12. The van der Waals surface area contributed by atoms with Crippen LogP contribution in [0.25, 0.3) is 0 Å². The van der Waals surface area contributed by atoms with Gasteiger partial charge in [0, 0.05) is 24.5 Å². The minimum atomic E-state index is -5.35. The number of esters is 1. The van der Waals surface area contributed by atoms with Crippen molar-refractivity contribution in [2.75, 3.05) is 26.3 Å². The first kappa shape index (κ1) is 46.9. The lowest BCUT2D eigenvalue weighted by Crippen LogP contribution is -2.46. The topological polar surface area (TPSA) is 323 Å². The lowest BCUT2D eigenvalue weighted by Gasteiger charge is -2.26. The van der Waals surface area contributed by atoms with Gasteiger partial charge in [-0.3, -0.25) is 43.1 Å². The molecule has 3 fully saturated rings. The summed E-state index contributed by atoms with van der Waals surface area (Å²) in [6.45, 7) is 4.07. The molecule has 0 spiro atoms. The molecule has 0 aliphatic carbocycles. The van der Waals surface area contributed by atoms with E-state index in [0.717, 1.165) is 21.5 Å². The third kappa shape index (κ3) is 11.5. The molecule has 0 aromatic carbocycles. The first-order chi connectivity index (χ1) is 27.3. The third-order valence-corrected chi connectivity index (χ3v) is 8.68. The zero-order chi connectivity index (χ0) is 44.4. The third-order valence-electron chi connectivity index (χ3n) is 8.68. The molecule has 0 saturated carbocycles. The van der Waals surface area contributed by atoms with Crippen LogP contribution in [0.15, 0.2) is 31.6 Å². The SMILES string of the molecule is CC(C)(C)OC(=O)CN(Cc1cn([C@@H]2O[C@H](CO)C3OC(C)(C)O[C@@H]32)c(=O)[nH]c1=O)C(=O)C(F)(F)F.O=C(O)CNCc1cn([C@@H]2O[C@H](CO)C(O)[C@@H]2O)c(=O)[nH]c1=O. The second-order valence-corrected chi connectivity index (χ2v) is 14.9. The Morgan fingerprint density at radius 2 is 1.39 bits per heavy atom. The number of ether oxygens (including phenoxy) is 5. The average Bonchev–Trinajstić information content (AvgIpc) is 3.71. The number of aromatic amines is 2. The van der Waals surface area contributed by atoms with Gasteiger partial charge in [-0.25, -0.2) is 9.59 Å². The lowest BCUT2D eigenvalue weighted by atomic mass is 10.1. The van der Waals surface area contributed by atoms with E-state index in [-0.39, 0.29) is 23.6 Å². The van der Waals surface area contributed by atoms with Crippen LogP contribution in [0.3, 0.4) is 0 Å². The normalized spacial score (nSPS) is 26.2. The van der Waals surface area contributed by atoms with Crippen molar-refractivity contribution in [3.63, 3.8) is 0 Å². The van der Waals surface area contributed by atoms with Gasteiger partial charge in [-0.05, 0) is 34.6 Å². The van der Waals surface area contributed by atoms with Crippen molar-refractivity contribution in [3.8, 4) is 0 Å². The molecule has 3 aliphatic rings. The standard InChI is InChI=1S/C21H28F3N3O9.C12H17N3O8/c1-19(2,3)34-12(29)8-26(17(31)21(22,23)24)6-10-7-27(18(32)25-15(10)30)16-14-13(11(9-28)33-16)35-20(4,5)36-14;16-4-6-8(19)9(20)11(23-6)15-3-5(1-13-2-7(17)18)10(21)14-12(15)22/h7,11,13-14,16,28H,6,8-9H2,1-5H3,(H,25,30,32);3,6,8-9,11,13,16,19-20H,1-2,4H2,(H,17,18)(H,14,21,22)/t11-,13?,14+,16-;6-,8?,9+,11-/m11/s1. The summed E-state index contributed by atoms with van der Waals surface area (Å²) in [5.74, 6) is -5.70. The zero-order valence-electron chi connectivity index (χ0n) is 32.1. The average molecular weight is 855 g/mol. The molecule has 59 heavy (non-hydrogen) atoms. The number of aromatic nitrogens is 4. The van der Waals surface area contributed by atoms with Gasteiger partial charge in [0.25, 0.3) is 11.1 Å². The predicted molar refractivity (Wildman–Crippen MR) is 187 cm³/mol. The van der Waals surface area contributed by atoms with Gasteiger partial charge >= 0.3 is 35.4 Å². The molecule has 26 heteroatoms. The van der Waals surface area contributed by atoms with E-state index in [9.17, 15) is 62.1 Å². The molecule has 5 heterocycles. The summed E-state index contributed by atoms with van der Waals surface area (Å²) in [4.78, 5) is 87.3. The number of aliphatic carboxylic acids is 1. The predicted octanol–water partition coefficient (Wildman–Crippen LogP) is -3.50. The van der Waals surface area contributed by atoms with Gasteiger partial charge in [0.05, 0.1) is 31.9 Å². The largest absolute Gasteiger partial charge is 0.480 e. The monoisotopic (exact) mass is 854 g/mol. The number of halogens is 3. The number of alkyl halides is 3. The van der Waals surface area contributed by atoms with E-state index in [0.29, 0.717) is 0 Å². The number of carbonyl (C=O) groups excluding carboxylic acids is 2. The molecular weight excluding hydrogens is 809 g/mol. The molecule has 8 N–H and O–H groups in total. The number of carboxylic acid groups (broad SMARTS) is 1. The maximum atomic E-state index is 13.2. The number of fused-ring (bicyclic) bond motifs is 1. The summed E-state index contributed by atoms with van der Waals surface area (Å²) in [6, 6.07) is 0. The Morgan fingerprint density at radius 3 is 1.92 bits per heavy atom. The van der Waals surface area contributed by atoms with Gasteiger partial charge in [0.2, 0.25) is 0 Å². The van der Waals surface area contributed by atoms with E-state index in [1.165, 1.54) is 20.8 Å². The number of amides is 1. The summed E-state index contributed by atoms with van der Waals surface area (Å²) < 4.78 is 68.8. The van der Waals surface area contributed by atoms with Crippen molar-refractivity contribution in [2.45, 2.75) is 114 Å². The van der Waals surface area contributed by atoms with Gasteiger partial charge < -0.3 is 59.4 Å². The summed E-state index contributed by atoms with van der Waals surface area (Å²) in [5.41, 5.74) is -5.06. The lowest BCUT2D eigenvalue weighted by molar-refractivity contribution is -0.200. The Balaban J connectivity index is 0.000000288. The van der Waals surface area contributed by atoms with Crippen molar-refractivity contribution in [1.82, 2.24) is 29.3 Å². The van der Waals surface area contributed by atoms with Gasteiger partial charge in [-0.1, -0.05) is 0 Å². The highest BCUT2D eigenvalue weighted by atomic mass is 19.4. The van der Waals surface area contributed by atoms with Crippen LogP contribution in [0.5, 0.6) is 0 Å². The minimum absolute atomic E-state index is 0.0450. The highest BCUT2D eigenvalue weighted by Gasteiger charge is 2.56. The molecule has 1 amide bonds. The molecule has 330 valence electrons. The second kappa shape index (κ2) is 18.2. The van der Waals surface area contributed by atoms with Crippen molar-refractivity contribution in [3.05, 3.63) is 65.2 Å². The number of aliphatic hydroxyl groups is 4. The molecule has 3 saturated heterocycles. The first-order valence-corrected chi connectivity index (χ1v) is 17.7. The fourth-order valence-corrected chi connectivity index (χ4v) is 6.23. The van der Waals surface area contributed by atoms with E-state index in [1.54, 1.807) is 13.8 Å². The zero-order valence-corrected chi connectivity index (χ0v) is 32.1. The Labute approximate surface area is 329 Å². The van der Waals surface area contributed by atoms with Crippen LogP contribution < -0.4 is 27.8 Å². The molecule has 0 radical (unpaired) electrons. The van der Waals surface area contributed by atoms with Crippen LogP contribution in [-0.2, 0) is 51.2 Å². The molecule has 5 rings (SSSR count). The fourth-order valence-electron chi connectivity index (χ4n) is 6.23. The first-order valence-electron chi connectivity index (χ1n) is 17.7. The van der Waals surface area contributed by atoms with Gasteiger partial charge in [-0.2, -0.15) is 13.2 Å². The van der Waals surface area contributed by atoms with Gasteiger partial charge in [0.15, 0.2) is 18.2 Å². The molecule has 3 aliphatic heterocycles. The Morgan fingerprint density at radius 1 is 0.864 bits per heavy atom. The maximum absolute atomic E-state index is 13.2. The smallest absolute Gasteiger partial charge is 0.471 e. The molecule has 2 aromatic heterocycles. The number of H-pyrrole nitrogens is 2. The Hall–Kier alpha value is -4.80. The number of nitrogens with one attached hydrogen (secondary N) is 3. The number of hydrogen-bond acceptors (Lipinski definition) is 17. The summed E-state index contributed by atoms with van der Waals surface area (Å²) >= 11 is 0. The molecule has 2 unspecified atom stereocenters. The van der Waals surface area contributed by atoms with Crippen molar-refractivity contribution >= 4 is 17.8 Å². The second-order valence-electron chi connectivity index (χ2n) is 14.9. The summed E-state index contributed by atoms with van der Waals surface area (Å²) in [7, 11) is 0. The molecule has 0 bridgehead atoms. The fraction of sp³-hybridized carbons (Fsp3) is 0.667. The number of hydrogen-bond donors (Lipinski definition) is 8. The highest BCUT2D eigenvalue weighted by Crippen LogP contribution is 2.42. The highest BCUT2D eigenvalue weighted by molar-refractivity contribution is 5.85. The van der Waals surface area contributed by atoms with Gasteiger partial charge in [-0.15, -0.1) is 0 Å². The van der Waals surface area contributed by atoms with E-state index < -0.39 is 139 Å². The Bertz CT molecular complexity index is 2090. The van der Waals surface area contributed by atoms with E-state index in [4.69, 9.17) is 33.9 Å². The molecule has 2 aromatic rings. The Kier molecular flexibility index (Phi) is 14.5. The number of carbonyl (C=O) groups is 3. The van der Waals surface area contributed by atoms with Crippen LogP contribution in [0, 0.1) is 0 Å². The molecule has 8 atom stereocenters. The maximum Gasteiger partial charge on any atom is 0.471 e. The quantitative estimate of drug-likeness (QED) is 0.0961. The molecule has 23 nitrogen and oxygen atoms in total. The van der Waals surface area contributed by atoms with Crippen LogP contribution in [0.2, 0.25) is 0 Å².